The van der Waals surface area contributed by atoms with Gasteiger partial charge in [0.15, 0.2) is 0 Å². The van der Waals surface area contributed by atoms with Gasteiger partial charge in [-0.05, 0) is 0 Å². The van der Waals surface area contributed by atoms with Crippen molar-refractivity contribution in [2.24, 2.45) is 0 Å². The predicted molar refractivity (Wildman–Crippen MR) is 119 cm³/mol. The van der Waals surface area contributed by atoms with Crippen molar-refractivity contribution in [2.45, 2.75) is 79.1 Å². The van der Waals surface area contributed by atoms with Crippen LogP contribution in [0.15, 0.2) is 0 Å². The molecule has 0 saturated heterocycles. The molecule has 0 aliphatic rings. The summed E-state index contributed by atoms with van der Waals surface area (Å²) < 4.78 is 0. The third kappa shape index (κ3) is 18.9. The van der Waals surface area contributed by atoms with Crippen molar-refractivity contribution < 1.29 is 0 Å². The van der Waals surface area contributed by atoms with Crippen LogP contribution in [-0.4, -0.2) is 51.3 Å². The molecule has 0 aromatic heterocycles. The Labute approximate surface area is 145 Å². The van der Waals surface area contributed by atoms with Gasteiger partial charge in [-0.3, -0.25) is 0 Å². The monoisotopic (exact) mass is 352 g/mol. The minimum absolute atomic E-state index is 0.611. The van der Waals surface area contributed by atoms with E-state index < -0.39 is 14.5 Å². The Bertz CT molecular complexity index is 175. The number of hydrogen-bond acceptors (Lipinski definition) is 0. The van der Waals surface area contributed by atoms with Gasteiger partial charge in [0, 0.05) is 0 Å². The number of rotatable bonds is 12. The molecule has 0 rings (SSSR count). The van der Waals surface area contributed by atoms with Gasteiger partial charge in [0.2, 0.25) is 0 Å². The van der Waals surface area contributed by atoms with Crippen LogP contribution in [0.1, 0.15) is 79.1 Å². The zero-order valence-corrected chi connectivity index (χ0v) is 19.5. The molecule has 140 valence electrons. The number of hydrogen-bond donors (Lipinski definition) is 0. The van der Waals surface area contributed by atoms with Crippen molar-refractivity contribution in [3.05, 3.63) is 0 Å². The fourth-order valence-electron chi connectivity index (χ4n) is 2.96. The molecule has 0 bridgehead atoms. The summed E-state index contributed by atoms with van der Waals surface area (Å²) in [4.78, 5) is 0. The van der Waals surface area contributed by atoms with Gasteiger partial charge in [0.25, 0.3) is 0 Å². The van der Waals surface area contributed by atoms with E-state index in [1.807, 2.05) is 0 Å². The standard InChI is InChI=1S/C16H37P.C4H13P/c1-5-9-13-17(14-10-6-2,15-11-7-3)16-12-8-4;1-5(2,3)4/h17H,5-16H2,1-4H3;5H,1-4H3. The molecule has 0 aromatic rings. The van der Waals surface area contributed by atoms with Crippen LogP contribution in [0, 0.1) is 0 Å². The van der Waals surface area contributed by atoms with Crippen molar-refractivity contribution in [2.75, 3.05) is 51.3 Å². The first-order valence-electron chi connectivity index (χ1n) is 10.2. The van der Waals surface area contributed by atoms with Crippen LogP contribution in [0.2, 0.25) is 0 Å². The summed E-state index contributed by atoms with van der Waals surface area (Å²) in [7, 11) is -1.49. The Hall–Kier alpha value is 0.860. The van der Waals surface area contributed by atoms with Crippen LogP contribution < -0.4 is 0 Å². The third-order valence-electron chi connectivity index (χ3n) is 4.24. The first-order chi connectivity index (χ1) is 10.2. The minimum atomic E-state index is -0.879. The van der Waals surface area contributed by atoms with Crippen molar-refractivity contribution in [1.29, 1.82) is 0 Å². The summed E-state index contributed by atoms with van der Waals surface area (Å²) in [6.45, 7) is 18.7. The van der Waals surface area contributed by atoms with Gasteiger partial charge >= 0.3 is 145 Å². The Balaban J connectivity index is 0. The molecule has 0 fully saturated rings. The van der Waals surface area contributed by atoms with E-state index in [1.54, 1.807) is 24.6 Å². The second-order valence-electron chi connectivity index (χ2n) is 8.91. The molecule has 2 heteroatoms. The molecular weight excluding hydrogens is 302 g/mol. The van der Waals surface area contributed by atoms with E-state index in [-0.39, 0.29) is 0 Å². The molecular formula is C20H50P2. The van der Waals surface area contributed by atoms with Crippen LogP contribution in [-0.2, 0) is 0 Å². The Kier molecular flexibility index (Phi) is 17.6. The second-order valence-corrected chi connectivity index (χ2v) is 19.9. The van der Waals surface area contributed by atoms with Crippen LogP contribution in [0.25, 0.3) is 0 Å². The zero-order chi connectivity index (χ0) is 17.5. The fourth-order valence-corrected chi connectivity index (χ4v) is 8.87. The van der Waals surface area contributed by atoms with E-state index in [9.17, 15) is 0 Å². The van der Waals surface area contributed by atoms with Gasteiger partial charge < -0.3 is 0 Å². The topological polar surface area (TPSA) is 0 Å². The maximum absolute atomic E-state index is 2.36. The molecule has 0 aliphatic heterocycles. The summed E-state index contributed by atoms with van der Waals surface area (Å²) in [5.41, 5.74) is 0. The molecule has 0 heterocycles. The predicted octanol–water partition coefficient (Wildman–Crippen LogP) is 7.19. The molecule has 0 nitrogen and oxygen atoms in total. The summed E-state index contributed by atoms with van der Waals surface area (Å²) in [5.74, 6) is 0. The molecule has 0 spiro atoms. The van der Waals surface area contributed by atoms with Gasteiger partial charge in [0.1, 0.15) is 0 Å². The molecule has 22 heavy (non-hydrogen) atoms. The summed E-state index contributed by atoms with van der Waals surface area (Å²) in [6, 6.07) is 0. The third-order valence-corrected chi connectivity index (χ3v) is 9.90. The molecule has 0 amide bonds. The van der Waals surface area contributed by atoms with Crippen LogP contribution in [0.4, 0.5) is 0 Å². The summed E-state index contributed by atoms with van der Waals surface area (Å²) >= 11 is 0. The van der Waals surface area contributed by atoms with Gasteiger partial charge in [-0.2, -0.15) is 0 Å². The molecule has 0 N–H and O–H groups in total. The average molecular weight is 353 g/mol. The van der Waals surface area contributed by atoms with Gasteiger partial charge in [-0.1, -0.05) is 0 Å². The van der Waals surface area contributed by atoms with E-state index in [4.69, 9.17) is 0 Å². The molecule has 0 aliphatic carbocycles. The van der Waals surface area contributed by atoms with Crippen molar-refractivity contribution >= 4 is 14.5 Å². The Morgan fingerprint density at radius 3 is 0.773 bits per heavy atom. The fraction of sp³-hybridized carbons (Fsp3) is 1.00. The van der Waals surface area contributed by atoms with E-state index in [0.717, 1.165) is 0 Å². The van der Waals surface area contributed by atoms with Gasteiger partial charge in [-0.25, -0.2) is 0 Å². The maximum atomic E-state index is 2.36. The summed E-state index contributed by atoms with van der Waals surface area (Å²) in [6.07, 6.45) is 18.1. The van der Waals surface area contributed by atoms with E-state index in [0.29, 0.717) is 0 Å². The molecule has 0 radical (unpaired) electrons. The summed E-state index contributed by atoms with van der Waals surface area (Å²) in [5, 5.41) is 0. The van der Waals surface area contributed by atoms with E-state index >= 15 is 0 Å². The average Bonchev–Trinajstić information content (AvgIpc) is 2.44. The Morgan fingerprint density at radius 2 is 0.636 bits per heavy atom. The molecule has 0 aromatic carbocycles. The zero-order valence-electron chi connectivity index (χ0n) is 17.5. The van der Waals surface area contributed by atoms with Gasteiger partial charge in [-0.15, -0.1) is 0 Å². The first-order valence-corrected chi connectivity index (χ1v) is 17.1. The molecule has 0 unspecified atom stereocenters. The van der Waals surface area contributed by atoms with Crippen molar-refractivity contribution in [1.82, 2.24) is 0 Å². The Morgan fingerprint density at radius 1 is 0.455 bits per heavy atom. The number of unbranched alkanes of at least 4 members (excludes halogenated alkanes) is 4. The SMILES string of the molecule is CCCC[PH](CCCC)(CCCC)CCCC.C[PH](C)(C)C. The van der Waals surface area contributed by atoms with E-state index in [1.165, 1.54) is 51.4 Å². The van der Waals surface area contributed by atoms with Crippen LogP contribution in [0.5, 0.6) is 0 Å². The van der Waals surface area contributed by atoms with E-state index in [2.05, 4.69) is 54.4 Å². The van der Waals surface area contributed by atoms with Crippen molar-refractivity contribution in [3.63, 3.8) is 0 Å². The van der Waals surface area contributed by atoms with Gasteiger partial charge in [0.05, 0.1) is 0 Å². The molecule has 0 atom stereocenters. The normalized spacial score (nSPS) is 13.5. The first kappa shape index (κ1) is 25.1. The molecule has 0 saturated carbocycles. The van der Waals surface area contributed by atoms with Crippen LogP contribution in [0.3, 0.4) is 0 Å². The van der Waals surface area contributed by atoms with Crippen LogP contribution >= 0.6 is 14.5 Å². The second kappa shape index (κ2) is 15.4. The quantitative estimate of drug-likeness (QED) is 0.326. The van der Waals surface area contributed by atoms with Crippen molar-refractivity contribution in [3.8, 4) is 0 Å².